The molecule has 82 valence electrons. The summed E-state index contributed by atoms with van der Waals surface area (Å²) in [6.07, 6.45) is 4.95. The fourth-order valence-corrected chi connectivity index (χ4v) is 2.00. The first-order valence-corrected chi connectivity index (χ1v) is 5.43. The van der Waals surface area contributed by atoms with Crippen molar-refractivity contribution in [2.45, 2.75) is 31.7 Å². The number of nitrogens with one attached hydrogen (secondary N) is 1. The molecule has 2 N–H and O–H groups in total. The average molecular weight is 209 g/mol. The molecule has 2 fully saturated rings. The summed E-state index contributed by atoms with van der Waals surface area (Å²) in [5, 5.41) is 11.9. The Hall–Kier alpha value is -1.12. The van der Waals surface area contributed by atoms with Crippen LogP contribution in [0.5, 0.6) is 0 Å². The van der Waals surface area contributed by atoms with Gasteiger partial charge >= 0.3 is 5.97 Å². The van der Waals surface area contributed by atoms with Gasteiger partial charge in [-0.1, -0.05) is 0 Å². The van der Waals surface area contributed by atoms with Gasteiger partial charge in [0, 0.05) is 12.6 Å². The van der Waals surface area contributed by atoms with E-state index >= 15 is 0 Å². The smallest absolute Gasteiger partial charge is 0.344 e. The van der Waals surface area contributed by atoms with Crippen LogP contribution in [0.3, 0.4) is 0 Å². The van der Waals surface area contributed by atoms with Gasteiger partial charge in [0.2, 0.25) is 0 Å². The SMILES string of the molecule is O=C=C(CNC(C1CC1)C1CC1)C(=O)O. The number of carbonyl (C=O) groups excluding carboxylic acids is 1. The molecule has 0 aromatic heterocycles. The number of hydrogen-bond acceptors (Lipinski definition) is 3. The summed E-state index contributed by atoms with van der Waals surface area (Å²) in [6.45, 7) is 0.149. The maximum atomic E-state index is 10.6. The van der Waals surface area contributed by atoms with Crippen LogP contribution in [0.2, 0.25) is 0 Å². The van der Waals surface area contributed by atoms with Gasteiger partial charge in [-0.2, -0.15) is 0 Å². The Morgan fingerprint density at radius 1 is 1.33 bits per heavy atom. The molecule has 0 aromatic rings. The highest BCUT2D eigenvalue weighted by molar-refractivity contribution is 5.95. The van der Waals surface area contributed by atoms with Gasteiger partial charge < -0.3 is 10.4 Å². The average Bonchev–Trinajstić information content (AvgIpc) is 3.00. The Morgan fingerprint density at radius 3 is 2.20 bits per heavy atom. The minimum Gasteiger partial charge on any atom is -0.477 e. The maximum absolute atomic E-state index is 10.6. The zero-order chi connectivity index (χ0) is 10.8. The summed E-state index contributed by atoms with van der Waals surface area (Å²) in [5.41, 5.74) is -0.193. The topological polar surface area (TPSA) is 66.4 Å². The van der Waals surface area contributed by atoms with Crippen LogP contribution in [0.4, 0.5) is 0 Å². The summed E-state index contributed by atoms with van der Waals surface area (Å²) >= 11 is 0. The monoisotopic (exact) mass is 209 g/mol. The third-order valence-electron chi connectivity index (χ3n) is 3.16. The molecule has 0 radical (unpaired) electrons. The Balaban J connectivity index is 1.84. The lowest BCUT2D eigenvalue weighted by atomic mass is 10.1. The molecule has 0 spiro atoms. The quantitative estimate of drug-likeness (QED) is 0.497. The fraction of sp³-hybridized carbons (Fsp3) is 0.727. The van der Waals surface area contributed by atoms with E-state index in [9.17, 15) is 9.59 Å². The van der Waals surface area contributed by atoms with Gasteiger partial charge in [0.05, 0.1) is 0 Å². The van der Waals surface area contributed by atoms with Crippen molar-refractivity contribution in [3.8, 4) is 0 Å². The molecule has 0 amide bonds. The van der Waals surface area contributed by atoms with E-state index in [0.717, 1.165) is 0 Å². The molecule has 0 unspecified atom stereocenters. The van der Waals surface area contributed by atoms with E-state index in [1.54, 1.807) is 0 Å². The summed E-state index contributed by atoms with van der Waals surface area (Å²) in [6, 6.07) is 0.424. The van der Waals surface area contributed by atoms with Crippen molar-refractivity contribution in [1.82, 2.24) is 5.32 Å². The lowest BCUT2D eigenvalue weighted by Gasteiger charge is -2.16. The second kappa shape index (κ2) is 4.17. The van der Waals surface area contributed by atoms with Crippen molar-refractivity contribution in [3.05, 3.63) is 5.57 Å². The van der Waals surface area contributed by atoms with Crippen molar-refractivity contribution in [1.29, 1.82) is 0 Å². The van der Waals surface area contributed by atoms with Crippen molar-refractivity contribution in [2.24, 2.45) is 11.8 Å². The third-order valence-corrected chi connectivity index (χ3v) is 3.16. The van der Waals surface area contributed by atoms with Crippen LogP contribution >= 0.6 is 0 Å². The molecule has 0 aliphatic heterocycles. The second-order valence-electron chi connectivity index (χ2n) is 4.47. The lowest BCUT2D eigenvalue weighted by Crippen LogP contribution is -2.35. The highest BCUT2D eigenvalue weighted by Crippen LogP contribution is 2.44. The van der Waals surface area contributed by atoms with E-state index in [2.05, 4.69) is 5.32 Å². The maximum Gasteiger partial charge on any atom is 0.344 e. The first kappa shape index (κ1) is 10.4. The summed E-state index contributed by atoms with van der Waals surface area (Å²) in [4.78, 5) is 20.9. The molecule has 2 rings (SSSR count). The molecule has 0 aromatic carbocycles. The number of rotatable bonds is 6. The molecular formula is C11H15NO3. The zero-order valence-electron chi connectivity index (χ0n) is 8.53. The number of hydrogen-bond donors (Lipinski definition) is 2. The van der Waals surface area contributed by atoms with E-state index < -0.39 is 5.97 Å². The molecule has 2 aliphatic carbocycles. The van der Waals surface area contributed by atoms with Gasteiger partial charge in [-0.3, -0.25) is 0 Å². The van der Waals surface area contributed by atoms with Crippen LogP contribution in [0.15, 0.2) is 5.57 Å². The highest BCUT2D eigenvalue weighted by Gasteiger charge is 2.41. The minimum atomic E-state index is -1.16. The van der Waals surface area contributed by atoms with Crippen LogP contribution in [-0.2, 0) is 9.59 Å². The standard InChI is InChI=1S/C11H15NO3/c13-6-9(11(14)15)5-12-10(7-1-2-7)8-3-4-8/h7-8,10,12H,1-5H2,(H,14,15). The fourth-order valence-electron chi connectivity index (χ4n) is 2.00. The second-order valence-corrected chi connectivity index (χ2v) is 4.47. The largest absolute Gasteiger partial charge is 0.477 e. The molecular weight excluding hydrogens is 194 g/mol. The van der Waals surface area contributed by atoms with E-state index in [1.165, 1.54) is 31.6 Å². The zero-order valence-corrected chi connectivity index (χ0v) is 8.53. The summed E-state index contributed by atoms with van der Waals surface area (Å²) < 4.78 is 0. The van der Waals surface area contributed by atoms with Gasteiger partial charge in [0.15, 0.2) is 0 Å². The van der Waals surface area contributed by atoms with Gasteiger partial charge in [-0.15, -0.1) is 0 Å². The van der Waals surface area contributed by atoms with Crippen molar-refractivity contribution < 1.29 is 14.7 Å². The summed E-state index contributed by atoms with van der Waals surface area (Å²) in [7, 11) is 0. The predicted octanol–water partition coefficient (Wildman–Crippen LogP) is 0.607. The van der Waals surface area contributed by atoms with Crippen LogP contribution in [-0.4, -0.2) is 29.6 Å². The minimum absolute atomic E-state index is 0.149. The molecule has 4 nitrogen and oxygen atoms in total. The van der Waals surface area contributed by atoms with E-state index in [-0.39, 0.29) is 12.1 Å². The molecule has 0 atom stereocenters. The van der Waals surface area contributed by atoms with Gasteiger partial charge in [0.25, 0.3) is 0 Å². The normalized spacial score (nSPS) is 20.1. The number of aliphatic carboxylic acids is 1. The van der Waals surface area contributed by atoms with Gasteiger partial charge in [-0.25, -0.2) is 9.59 Å². The predicted molar refractivity (Wildman–Crippen MR) is 54.1 cm³/mol. The number of carboxylic acid groups (broad SMARTS) is 1. The van der Waals surface area contributed by atoms with E-state index in [0.29, 0.717) is 17.9 Å². The molecule has 2 aliphatic rings. The summed E-state index contributed by atoms with van der Waals surface area (Å²) in [5.74, 6) is 1.73. The highest BCUT2D eigenvalue weighted by atomic mass is 16.4. The Labute approximate surface area is 88.4 Å². The van der Waals surface area contributed by atoms with Gasteiger partial charge in [-0.05, 0) is 37.5 Å². The lowest BCUT2D eigenvalue weighted by molar-refractivity contribution is -0.132. The molecule has 4 heteroatoms. The van der Waals surface area contributed by atoms with Crippen molar-refractivity contribution in [2.75, 3.05) is 6.54 Å². The van der Waals surface area contributed by atoms with E-state index in [1.807, 2.05) is 0 Å². The van der Waals surface area contributed by atoms with Crippen LogP contribution in [0, 0.1) is 11.8 Å². The molecule has 2 saturated carbocycles. The van der Waals surface area contributed by atoms with Crippen LogP contribution < -0.4 is 5.32 Å². The first-order valence-electron chi connectivity index (χ1n) is 5.43. The third kappa shape index (κ3) is 2.67. The van der Waals surface area contributed by atoms with Crippen molar-refractivity contribution >= 4 is 11.9 Å². The van der Waals surface area contributed by atoms with Gasteiger partial charge in [0.1, 0.15) is 11.5 Å². The number of carbonyl (C=O) groups is 1. The molecule has 0 bridgehead atoms. The Morgan fingerprint density at radius 2 is 1.87 bits per heavy atom. The molecule has 15 heavy (non-hydrogen) atoms. The Bertz CT molecular complexity index is 300. The Kier molecular flexibility index (Phi) is 2.89. The van der Waals surface area contributed by atoms with Crippen LogP contribution in [0.1, 0.15) is 25.7 Å². The van der Waals surface area contributed by atoms with E-state index in [4.69, 9.17) is 5.11 Å². The molecule has 0 saturated heterocycles. The van der Waals surface area contributed by atoms with Crippen molar-refractivity contribution in [3.63, 3.8) is 0 Å². The molecule has 0 heterocycles. The number of carboxylic acids is 1. The first-order chi connectivity index (χ1) is 7.22. The van der Waals surface area contributed by atoms with Crippen LogP contribution in [0.25, 0.3) is 0 Å².